The molecule has 0 radical (unpaired) electrons. The number of para-hydroxylation sites is 1. The maximum absolute atomic E-state index is 14.3. The first kappa shape index (κ1) is 32.7. The van der Waals surface area contributed by atoms with Crippen molar-refractivity contribution in [3.63, 3.8) is 0 Å². The normalized spacial score (nSPS) is 14.4. The van der Waals surface area contributed by atoms with Crippen LogP contribution in [-0.4, -0.2) is 0 Å². The van der Waals surface area contributed by atoms with Crippen LogP contribution in [0.3, 0.4) is 0 Å². The molecule has 0 saturated carbocycles. The molecule has 262 valence electrons. The molecule has 0 aliphatic heterocycles. The van der Waals surface area contributed by atoms with Gasteiger partial charge in [-0.15, -0.1) is 0 Å². The first-order valence-electron chi connectivity index (χ1n) is 18.8. The molecule has 1 unspecified atom stereocenters. The number of benzene rings is 9. The highest BCUT2D eigenvalue weighted by Crippen LogP contribution is 2.55. The van der Waals surface area contributed by atoms with Crippen LogP contribution in [0.15, 0.2) is 206 Å². The number of nitrogens with zero attached hydrogens (tertiary/aromatic N) is 2. The van der Waals surface area contributed by atoms with Crippen molar-refractivity contribution >= 4 is 55.7 Å². The smallest absolute Gasteiger partial charge is 0.123 e. The van der Waals surface area contributed by atoms with Crippen LogP contribution in [0.4, 0.5) is 38.5 Å². The van der Waals surface area contributed by atoms with Gasteiger partial charge in [-0.2, -0.15) is 0 Å². The molecule has 0 fully saturated rings. The van der Waals surface area contributed by atoms with Gasteiger partial charge >= 0.3 is 0 Å². The Morgan fingerprint density at radius 1 is 0.382 bits per heavy atom. The standard InChI is InChI=1S/C52H37FN2/c1-52(39-17-4-2-5-18-39)49-34-44(54(42-27-24-40(53)25-28-42)43-26-23-36-13-8-9-15-38(36)33-43)29-31-47(49)48-32-30-45(35-50(48)52)55(41-19-6-3-7-20-41)51-22-12-16-37-14-10-11-21-46(37)51/h2-35H,1H3. The van der Waals surface area contributed by atoms with Crippen LogP contribution >= 0.6 is 0 Å². The first-order chi connectivity index (χ1) is 27.1. The molecular weight excluding hydrogens is 672 g/mol. The van der Waals surface area contributed by atoms with Crippen molar-refractivity contribution in [2.75, 3.05) is 9.80 Å². The van der Waals surface area contributed by atoms with Crippen molar-refractivity contribution in [2.24, 2.45) is 0 Å². The predicted molar refractivity (Wildman–Crippen MR) is 228 cm³/mol. The number of fused-ring (bicyclic) bond motifs is 5. The van der Waals surface area contributed by atoms with Crippen molar-refractivity contribution in [1.29, 1.82) is 0 Å². The van der Waals surface area contributed by atoms with Gasteiger partial charge in [-0.3, -0.25) is 0 Å². The van der Waals surface area contributed by atoms with Crippen molar-refractivity contribution in [2.45, 2.75) is 12.3 Å². The zero-order valence-corrected chi connectivity index (χ0v) is 30.4. The van der Waals surface area contributed by atoms with Crippen molar-refractivity contribution in [1.82, 2.24) is 0 Å². The van der Waals surface area contributed by atoms with Crippen molar-refractivity contribution < 1.29 is 4.39 Å². The van der Waals surface area contributed by atoms with E-state index in [9.17, 15) is 4.39 Å². The molecule has 2 nitrogen and oxygen atoms in total. The van der Waals surface area contributed by atoms with E-state index in [2.05, 4.69) is 199 Å². The molecule has 1 atom stereocenters. The van der Waals surface area contributed by atoms with Crippen LogP contribution in [0, 0.1) is 5.82 Å². The maximum atomic E-state index is 14.3. The molecule has 1 aliphatic rings. The largest absolute Gasteiger partial charge is 0.310 e. The summed E-state index contributed by atoms with van der Waals surface area (Å²) in [7, 11) is 0. The topological polar surface area (TPSA) is 6.48 Å². The van der Waals surface area contributed by atoms with Gasteiger partial charge in [0.15, 0.2) is 0 Å². The summed E-state index contributed by atoms with van der Waals surface area (Å²) in [4.78, 5) is 4.63. The third kappa shape index (κ3) is 5.47. The molecule has 10 rings (SSSR count). The Hall–Kier alpha value is -6.97. The second-order valence-corrected chi connectivity index (χ2v) is 14.5. The number of hydrogen-bond acceptors (Lipinski definition) is 2. The van der Waals surface area contributed by atoms with Crippen LogP contribution in [0.1, 0.15) is 23.6 Å². The fraction of sp³-hybridized carbons (Fsp3) is 0.0385. The summed E-state index contributed by atoms with van der Waals surface area (Å²) < 4.78 is 14.3. The zero-order chi connectivity index (χ0) is 36.9. The molecule has 55 heavy (non-hydrogen) atoms. The van der Waals surface area contributed by atoms with E-state index < -0.39 is 5.41 Å². The second-order valence-electron chi connectivity index (χ2n) is 14.5. The van der Waals surface area contributed by atoms with Gasteiger partial charge in [-0.05, 0) is 130 Å². The summed E-state index contributed by atoms with van der Waals surface area (Å²) in [6, 6.07) is 72.2. The summed E-state index contributed by atoms with van der Waals surface area (Å²) in [5.74, 6) is -0.257. The van der Waals surface area contributed by atoms with Crippen molar-refractivity contribution in [3.05, 3.63) is 229 Å². The maximum Gasteiger partial charge on any atom is 0.123 e. The highest BCUT2D eigenvalue weighted by atomic mass is 19.1. The van der Waals surface area contributed by atoms with Gasteiger partial charge in [0.25, 0.3) is 0 Å². The molecule has 0 aromatic heterocycles. The molecule has 0 heterocycles. The zero-order valence-electron chi connectivity index (χ0n) is 30.4. The van der Waals surface area contributed by atoms with Gasteiger partial charge < -0.3 is 9.80 Å². The molecule has 0 N–H and O–H groups in total. The molecule has 9 aromatic carbocycles. The Balaban J connectivity index is 1.18. The van der Waals surface area contributed by atoms with Gasteiger partial charge in [0, 0.05) is 39.2 Å². The average molecular weight is 709 g/mol. The van der Waals surface area contributed by atoms with E-state index in [-0.39, 0.29) is 5.82 Å². The van der Waals surface area contributed by atoms with Gasteiger partial charge in [-0.25, -0.2) is 4.39 Å². The van der Waals surface area contributed by atoms with E-state index in [1.807, 2.05) is 12.1 Å². The lowest BCUT2D eigenvalue weighted by molar-refractivity contribution is 0.628. The van der Waals surface area contributed by atoms with Gasteiger partial charge in [-0.1, -0.05) is 127 Å². The highest BCUT2D eigenvalue weighted by molar-refractivity contribution is 6.00. The summed E-state index contributed by atoms with van der Waals surface area (Å²) in [5.41, 5.74) is 11.9. The Morgan fingerprint density at radius 2 is 0.891 bits per heavy atom. The van der Waals surface area contributed by atoms with E-state index in [0.717, 1.165) is 39.5 Å². The molecule has 0 saturated heterocycles. The van der Waals surface area contributed by atoms with E-state index in [1.54, 1.807) is 0 Å². The molecule has 1 aliphatic carbocycles. The molecule has 0 spiro atoms. The number of halogens is 1. The van der Waals surface area contributed by atoms with Crippen LogP contribution in [-0.2, 0) is 5.41 Å². The SMILES string of the molecule is CC1(c2ccccc2)c2cc(N(c3ccc(F)cc3)c3ccc4ccccc4c3)ccc2-c2ccc(N(c3ccccc3)c3cccc4ccccc34)cc21. The minimum Gasteiger partial charge on any atom is -0.310 e. The van der Waals surface area contributed by atoms with E-state index in [4.69, 9.17) is 0 Å². The summed E-state index contributed by atoms with van der Waals surface area (Å²) in [5, 5.41) is 4.72. The summed E-state index contributed by atoms with van der Waals surface area (Å²) in [6.07, 6.45) is 0. The lowest BCUT2D eigenvalue weighted by atomic mass is 9.74. The summed E-state index contributed by atoms with van der Waals surface area (Å²) in [6.45, 7) is 2.36. The first-order valence-corrected chi connectivity index (χ1v) is 18.8. The molecule has 3 heteroatoms. The summed E-state index contributed by atoms with van der Waals surface area (Å²) >= 11 is 0. The number of anilines is 6. The number of rotatable bonds is 7. The quantitative estimate of drug-likeness (QED) is 0.163. The molecule has 0 amide bonds. The molecular formula is C52H37FN2. The fourth-order valence-corrected chi connectivity index (χ4v) is 8.63. The molecule has 0 bridgehead atoms. The Labute approximate surface area is 321 Å². The van der Waals surface area contributed by atoms with E-state index >= 15 is 0 Å². The third-order valence-corrected chi connectivity index (χ3v) is 11.3. The fourth-order valence-electron chi connectivity index (χ4n) is 8.63. The lowest BCUT2D eigenvalue weighted by Gasteiger charge is -2.32. The predicted octanol–water partition coefficient (Wildman–Crippen LogP) is 14.4. The van der Waals surface area contributed by atoms with Gasteiger partial charge in [0.05, 0.1) is 5.69 Å². The van der Waals surface area contributed by atoms with Crippen LogP contribution in [0.2, 0.25) is 0 Å². The highest BCUT2D eigenvalue weighted by Gasteiger charge is 2.42. The van der Waals surface area contributed by atoms with Gasteiger partial charge in [0.1, 0.15) is 5.82 Å². The third-order valence-electron chi connectivity index (χ3n) is 11.3. The Kier molecular flexibility index (Phi) is 7.81. The minimum absolute atomic E-state index is 0.257. The Bertz CT molecular complexity index is 2840. The van der Waals surface area contributed by atoms with Crippen LogP contribution in [0.25, 0.3) is 32.7 Å². The van der Waals surface area contributed by atoms with Crippen LogP contribution < -0.4 is 9.80 Å². The number of hydrogen-bond donors (Lipinski definition) is 0. The van der Waals surface area contributed by atoms with Gasteiger partial charge in [0.2, 0.25) is 0 Å². The van der Waals surface area contributed by atoms with Crippen molar-refractivity contribution in [3.8, 4) is 11.1 Å². The lowest BCUT2D eigenvalue weighted by Crippen LogP contribution is -2.23. The minimum atomic E-state index is -0.475. The monoisotopic (exact) mass is 708 g/mol. The van der Waals surface area contributed by atoms with E-state index in [0.29, 0.717) is 0 Å². The van der Waals surface area contributed by atoms with Crippen LogP contribution in [0.5, 0.6) is 0 Å². The second kappa shape index (κ2) is 13.2. The van der Waals surface area contributed by atoms with E-state index in [1.165, 1.54) is 56.1 Å². The average Bonchev–Trinajstić information content (AvgIpc) is 3.50. The Morgan fingerprint density at radius 3 is 1.60 bits per heavy atom. The molecule has 9 aromatic rings.